The highest BCUT2D eigenvalue weighted by atomic mass is 16.5. The summed E-state index contributed by atoms with van der Waals surface area (Å²) in [6.07, 6.45) is 13.9. The van der Waals surface area contributed by atoms with Gasteiger partial charge in [0.05, 0.1) is 12.4 Å². The molecule has 118 valence electrons. The molecule has 4 rings (SSSR count). The van der Waals surface area contributed by atoms with Gasteiger partial charge in [0, 0.05) is 5.92 Å². The molecule has 1 aliphatic heterocycles. The molecule has 0 aromatic heterocycles. The van der Waals surface area contributed by atoms with Gasteiger partial charge in [0.1, 0.15) is 5.60 Å². The Kier molecular flexibility index (Phi) is 3.19. The second kappa shape index (κ2) is 4.75. The minimum atomic E-state index is -0.0329. The van der Waals surface area contributed by atoms with E-state index in [0.29, 0.717) is 11.3 Å². The molecule has 0 bridgehead atoms. The van der Waals surface area contributed by atoms with Crippen LogP contribution in [0.5, 0.6) is 0 Å². The predicted molar refractivity (Wildman–Crippen MR) is 83.6 cm³/mol. The van der Waals surface area contributed by atoms with Crippen LogP contribution in [-0.4, -0.2) is 16.8 Å². The summed E-state index contributed by atoms with van der Waals surface area (Å²) in [6, 6.07) is 0. The van der Waals surface area contributed by atoms with Gasteiger partial charge in [-0.15, -0.1) is 0 Å². The summed E-state index contributed by atoms with van der Waals surface area (Å²) in [5, 5.41) is 10.1. The zero-order chi connectivity index (χ0) is 14.7. The SMILES string of the molecule is CC12CCC3C(CCC4CC(O)CCC43C)C1CC=CO2. The Morgan fingerprint density at radius 2 is 1.90 bits per heavy atom. The molecule has 3 saturated carbocycles. The van der Waals surface area contributed by atoms with Crippen molar-refractivity contribution in [1.29, 1.82) is 0 Å². The van der Waals surface area contributed by atoms with Crippen LogP contribution in [0.25, 0.3) is 0 Å². The summed E-state index contributed by atoms with van der Waals surface area (Å²) in [5.74, 6) is 3.17. The maximum absolute atomic E-state index is 10.1. The maximum atomic E-state index is 10.1. The molecule has 0 saturated heterocycles. The first-order valence-corrected chi connectivity index (χ1v) is 9.04. The van der Waals surface area contributed by atoms with Crippen molar-refractivity contribution in [2.45, 2.75) is 76.9 Å². The number of rotatable bonds is 0. The molecule has 7 unspecified atom stereocenters. The zero-order valence-corrected chi connectivity index (χ0v) is 13.6. The molecule has 21 heavy (non-hydrogen) atoms. The van der Waals surface area contributed by atoms with Gasteiger partial charge in [-0.05, 0) is 87.5 Å². The lowest BCUT2D eigenvalue weighted by atomic mass is 9.46. The largest absolute Gasteiger partial charge is 0.495 e. The van der Waals surface area contributed by atoms with Crippen molar-refractivity contribution in [2.75, 3.05) is 0 Å². The van der Waals surface area contributed by atoms with Crippen LogP contribution >= 0.6 is 0 Å². The number of aliphatic hydroxyl groups excluding tert-OH is 1. The van der Waals surface area contributed by atoms with Gasteiger partial charge in [-0.1, -0.05) is 6.92 Å². The third-order valence-corrected chi connectivity index (χ3v) is 7.79. The number of allylic oxidation sites excluding steroid dienone is 1. The number of hydrogen-bond acceptors (Lipinski definition) is 2. The standard InChI is InChI=1S/C19H30O2/c1-18-9-7-14(20)12-13(18)5-6-15-16(18)8-10-19(2)17(15)4-3-11-21-19/h3,11,13-17,20H,4-10,12H2,1-2H3. The van der Waals surface area contributed by atoms with Crippen LogP contribution in [0.2, 0.25) is 0 Å². The van der Waals surface area contributed by atoms with Crippen molar-refractivity contribution in [3.8, 4) is 0 Å². The predicted octanol–water partition coefficient (Wildman–Crippen LogP) is 4.28. The smallest absolute Gasteiger partial charge is 0.109 e. The van der Waals surface area contributed by atoms with Crippen molar-refractivity contribution >= 4 is 0 Å². The molecule has 0 amide bonds. The summed E-state index contributed by atoms with van der Waals surface area (Å²) in [7, 11) is 0. The second-order valence-corrected chi connectivity index (χ2v) is 8.66. The van der Waals surface area contributed by atoms with Gasteiger partial charge in [-0.2, -0.15) is 0 Å². The Hall–Kier alpha value is -0.500. The first kappa shape index (κ1) is 14.1. The van der Waals surface area contributed by atoms with Crippen molar-refractivity contribution in [2.24, 2.45) is 29.1 Å². The number of ether oxygens (including phenoxy) is 1. The highest BCUT2D eigenvalue weighted by Crippen LogP contribution is 2.62. The molecular formula is C19H30O2. The van der Waals surface area contributed by atoms with Gasteiger partial charge in [0.15, 0.2) is 0 Å². The summed E-state index contributed by atoms with van der Waals surface area (Å²) < 4.78 is 6.08. The van der Waals surface area contributed by atoms with E-state index in [2.05, 4.69) is 19.9 Å². The van der Waals surface area contributed by atoms with E-state index in [1.165, 1.54) is 38.5 Å². The molecule has 3 aliphatic carbocycles. The number of hydrogen-bond donors (Lipinski definition) is 1. The summed E-state index contributed by atoms with van der Waals surface area (Å²) in [5.41, 5.74) is 0.567. The molecule has 0 spiro atoms. The van der Waals surface area contributed by atoms with E-state index in [0.717, 1.165) is 30.6 Å². The Balaban J connectivity index is 1.63. The van der Waals surface area contributed by atoms with Crippen LogP contribution in [0.4, 0.5) is 0 Å². The Morgan fingerprint density at radius 1 is 1.05 bits per heavy atom. The first-order valence-electron chi connectivity index (χ1n) is 9.04. The summed E-state index contributed by atoms with van der Waals surface area (Å²) in [4.78, 5) is 0. The molecule has 0 radical (unpaired) electrons. The lowest BCUT2D eigenvalue weighted by molar-refractivity contribution is -0.161. The molecular weight excluding hydrogens is 260 g/mol. The highest BCUT2D eigenvalue weighted by molar-refractivity contribution is 5.09. The molecule has 0 aromatic rings. The van der Waals surface area contributed by atoms with E-state index in [9.17, 15) is 5.11 Å². The van der Waals surface area contributed by atoms with Gasteiger partial charge in [-0.3, -0.25) is 0 Å². The van der Waals surface area contributed by atoms with Crippen LogP contribution in [0, 0.1) is 29.1 Å². The lowest BCUT2D eigenvalue weighted by Gasteiger charge is -2.61. The first-order chi connectivity index (χ1) is 10.0. The fourth-order valence-corrected chi connectivity index (χ4v) is 6.50. The molecule has 0 aromatic carbocycles. The second-order valence-electron chi connectivity index (χ2n) is 8.66. The van der Waals surface area contributed by atoms with Crippen molar-refractivity contribution in [3.05, 3.63) is 12.3 Å². The van der Waals surface area contributed by atoms with E-state index < -0.39 is 0 Å². The summed E-state index contributed by atoms with van der Waals surface area (Å²) >= 11 is 0. The van der Waals surface area contributed by atoms with E-state index in [1.54, 1.807) is 0 Å². The molecule has 2 heteroatoms. The fourth-order valence-electron chi connectivity index (χ4n) is 6.50. The van der Waals surface area contributed by atoms with Crippen molar-refractivity contribution < 1.29 is 9.84 Å². The molecule has 3 fully saturated rings. The quantitative estimate of drug-likeness (QED) is 0.721. The highest BCUT2D eigenvalue weighted by Gasteiger charge is 2.57. The maximum Gasteiger partial charge on any atom is 0.109 e. The molecule has 7 atom stereocenters. The van der Waals surface area contributed by atoms with Crippen molar-refractivity contribution in [1.82, 2.24) is 0 Å². The monoisotopic (exact) mass is 290 g/mol. The average Bonchev–Trinajstić information content (AvgIpc) is 2.47. The number of aliphatic hydroxyl groups is 1. The third-order valence-electron chi connectivity index (χ3n) is 7.79. The molecule has 4 aliphatic rings. The normalized spacial score (nSPS) is 55.9. The lowest BCUT2D eigenvalue weighted by Crippen LogP contribution is -2.57. The number of fused-ring (bicyclic) bond motifs is 5. The van der Waals surface area contributed by atoms with Gasteiger partial charge >= 0.3 is 0 Å². The topological polar surface area (TPSA) is 29.5 Å². The fraction of sp³-hybridized carbons (Fsp3) is 0.895. The minimum Gasteiger partial charge on any atom is -0.495 e. The van der Waals surface area contributed by atoms with Crippen LogP contribution in [0.15, 0.2) is 12.3 Å². The molecule has 1 heterocycles. The third kappa shape index (κ3) is 2.01. The van der Waals surface area contributed by atoms with Crippen LogP contribution < -0.4 is 0 Å². The van der Waals surface area contributed by atoms with Crippen LogP contribution in [0.3, 0.4) is 0 Å². The zero-order valence-electron chi connectivity index (χ0n) is 13.6. The summed E-state index contributed by atoms with van der Waals surface area (Å²) in [6.45, 7) is 4.89. The molecule has 2 nitrogen and oxygen atoms in total. The average molecular weight is 290 g/mol. The van der Waals surface area contributed by atoms with Gasteiger partial charge in [0.25, 0.3) is 0 Å². The van der Waals surface area contributed by atoms with E-state index in [4.69, 9.17) is 4.74 Å². The molecule has 1 N–H and O–H groups in total. The van der Waals surface area contributed by atoms with E-state index >= 15 is 0 Å². The van der Waals surface area contributed by atoms with E-state index in [1.807, 2.05) is 6.26 Å². The van der Waals surface area contributed by atoms with Gasteiger partial charge < -0.3 is 9.84 Å². The minimum absolute atomic E-state index is 0.0329. The van der Waals surface area contributed by atoms with Gasteiger partial charge in [0.2, 0.25) is 0 Å². The van der Waals surface area contributed by atoms with Crippen LogP contribution in [-0.2, 0) is 4.74 Å². The Bertz CT molecular complexity index is 445. The van der Waals surface area contributed by atoms with Crippen molar-refractivity contribution in [3.63, 3.8) is 0 Å². The van der Waals surface area contributed by atoms with Crippen LogP contribution in [0.1, 0.15) is 65.2 Å². The Morgan fingerprint density at radius 3 is 2.76 bits per heavy atom. The Labute approximate surface area is 129 Å². The van der Waals surface area contributed by atoms with E-state index in [-0.39, 0.29) is 11.7 Å². The van der Waals surface area contributed by atoms with Gasteiger partial charge in [-0.25, -0.2) is 0 Å².